The molecule has 0 aromatic heterocycles. The van der Waals surface area contributed by atoms with Crippen LogP contribution >= 0.6 is 0 Å². The van der Waals surface area contributed by atoms with Gasteiger partial charge in [0.25, 0.3) is 0 Å². The van der Waals surface area contributed by atoms with Crippen LogP contribution in [0.15, 0.2) is 20.6 Å². The fraction of sp³-hybridized carbons (Fsp3) is 0.556. The van der Waals surface area contributed by atoms with Crippen molar-refractivity contribution in [3.05, 3.63) is 20.6 Å². The Morgan fingerprint density at radius 3 is 1.70 bits per heavy atom. The van der Waals surface area contributed by atoms with Crippen molar-refractivity contribution in [1.29, 1.82) is 0 Å². The first kappa shape index (κ1) is 8.29. The zero-order valence-electron chi connectivity index (χ0n) is 7.08. The summed E-state index contributed by atoms with van der Waals surface area (Å²) in [5.74, 6) is 0.694. The number of rotatable bonds is 0. The topological polar surface area (TPSA) is 0 Å². The molecule has 0 amide bonds. The average Bonchev–Trinajstić information content (AvgIpc) is 2.07. The summed E-state index contributed by atoms with van der Waals surface area (Å²) >= 11 is 2.24. The molecule has 1 rings (SSSR count). The summed E-state index contributed by atoms with van der Waals surface area (Å²) in [7, 11) is 0. The maximum absolute atomic E-state index is 2.28. The second kappa shape index (κ2) is 2.67. The summed E-state index contributed by atoms with van der Waals surface area (Å²) in [5.41, 5.74) is 4.56. The van der Waals surface area contributed by atoms with E-state index in [2.05, 4.69) is 48.1 Å². The van der Waals surface area contributed by atoms with Crippen molar-refractivity contribution in [2.75, 3.05) is 0 Å². The van der Waals surface area contributed by atoms with Crippen LogP contribution in [0.3, 0.4) is 0 Å². The second-order valence-corrected chi connectivity index (χ2v) is 3.91. The molecule has 1 atom stereocenters. The Morgan fingerprint density at radius 1 is 1.10 bits per heavy atom. The molecule has 0 aromatic rings. The Balaban J connectivity index is 3.09. The zero-order valence-corrected chi connectivity index (χ0v) is 8.64. The van der Waals surface area contributed by atoms with Gasteiger partial charge in [0.05, 0.1) is 0 Å². The molecule has 1 heteroatoms. The molecule has 1 aliphatic rings. The monoisotopic (exact) mass is 169 g/mol. The van der Waals surface area contributed by atoms with Crippen LogP contribution in [0.2, 0.25) is 0 Å². The van der Waals surface area contributed by atoms with E-state index >= 15 is 0 Å². The van der Waals surface area contributed by atoms with E-state index in [-0.39, 0.29) is 0 Å². The van der Waals surface area contributed by atoms with Gasteiger partial charge >= 0.3 is 74.6 Å². The van der Waals surface area contributed by atoms with Gasteiger partial charge in [-0.15, -0.1) is 0 Å². The van der Waals surface area contributed by atoms with Crippen molar-refractivity contribution in [2.45, 2.75) is 27.7 Å². The van der Waals surface area contributed by atoms with Crippen molar-refractivity contribution in [3.8, 4) is 0 Å². The van der Waals surface area contributed by atoms with Crippen LogP contribution in [-0.4, -0.2) is 0 Å². The van der Waals surface area contributed by atoms with Gasteiger partial charge in [-0.25, -0.2) is 0 Å². The summed E-state index contributed by atoms with van der Waals surface area (Å²) < 4.78 is 1.55. The van der Waals surface area contributed by atoms with Gasteiger partial charge in [-0.05, 0) is 0 Å². The molecule has 53 valence electrons. The van der Waals surface area contributed by atoms with Gasteiger partial charge in [-0.3, -0.25) is 0 Å². The normalized spacial score (nSPS) is 26.5. The van der Waals surface area contributed by atoms with Crippen LogP contribution in [0.25, 0.3) is 0 Å². The molecule has 0 spiro atoms. The van der Waals surface area contributed by atoms with Crippen molar-refractivity contribution >= 4 is 0 Å². The molecule has 0 nitrogen and oxygen atoms in total. The van der Waals surface area contributed by atoms with Crippen LogP contribution in [0.1, 0.15) is 27.7 Å². The van der Waals surface area contributed by atoms with E-state index in [0.717, 1.165) is 0 Å². The van der Waals surface area contributed by atoms with Crippen LogP contribution < -0.4 is 0 Å². The Hall–Kier alpha value is 0.194. The predicted molar refractivity (Wildman–Crippen MR) is 40.2 cm³/mol. The molecule has 0 N–H and O–H groups in total. The number of hydrogen-bond acceptors (Lipinski definition) is 0. The van der Waals surface area contributed by atoms with Crippen molar-refractivity contribution < 1.29 is 20.4 Å². The summed E-state index contributed by atoms with van der Waals surface area (Å²) in [6, 6.07) is 0. The summed E-state index contributed by atoms with van der Waals surface area (Å²) in [5, 5.41) is 0. The first-order valence-electron chi connectivity index (χ1n) is 3.65. The number of allylic oxidation sites excluding steroid dienone is 4. The molecule has 0 saturated heterocycles. The minimum atomic E-state index is 0.694. The number of hydrogen-bond donors (Lipinski definition) is 0. The second-order valence-electron chi connectivity index (χ2n) is 3.07. The Labute approximate surface area is 74.8 Å². The van der Waals surface area contributed by atoms with Crippen LogP contribution in [-0.2, 0) is 20.4 Å². The zero-order chi connectivity index (χ0) is 7.89. The van der Waals surface area contributed by atoms with E-state index in [1.807, 2.05) is 0 Å². The average molecular weight is 169 g/mol. The molecular weight excluding hydrogens is 156 g/mol. The first-order valence-corrected chi connectivity index (χ1v) is 4.44. The van der Waals surface area contributed by atoms with Gasteiger partial charge in [-0.1, -0.05) is 0 Å². The quantitative estimate of drug-likeness (QED) is 0.489. The minimum absolute atomic E-state index is 0.694. The summed E-state index contributed by atoms with van der Waals surface area (Å²) in [6.07, 6.45) is 0. The van der Waals surface area contributed by atoms with Gasteiger partial charge in [0.1, 0.15) is 0 Å². The predicted octanol–water partition coefficient (Wildman–Crippen LogP) is 2.79. The van der Waals surface area contributed by atoms with Gasteiger partial charge in [0, 0.05) is 0 Å². The van der Waals surface area contributed by atoms with Gasteiger partial charge in [0.15, 0.2) is 0 Å². The fourth-order valence-corrected chi connectivity index (χ4v) is 1.99. The van der Waals surface area contributed by atoms with E-state index in [1.54, 1.807) is 9.45 Å². The molecule has 1 aliphatic carbocycles. The molecule has 1 unspecified atom stereocenters. The van der Waals surface area contributed by atoms with Crippen LogP contribution in [0.5, 0.6) is 0 Å². The van der Waals surface area contributed by atoms with Crippen LogP contribution in [0, 0.1) is 5.92 Å². The Morgan fingerprint density at radius 2 is 1.60 bits per heavy atom. The third kappa shape index (κ3) is 1.04. The summed E-state index contributed by atoms with van der Waals surface area (Å²) in [4.78, 5) is 0. The maximum atomic E-state index is 2.28. The first-order chi connectivity index (χ1) is 4.55. The van der Waals surface area contributed by atoms with Gasteiger partial charge in [0.2, 0.25) is 0 Å². The van der Waals surface area contributed by atoms with E-state index in [0.29, 0.717) is 5.92 Å². The van der Waals surface area contributed by atoms with E-state index in [1.165, 1.54) is 11.1 Å². The molecule has 0 aromatic carbocycles. The Bertz CT molecular complexity index is 197. The SMILES string of the molecule is CC1=C(C)C(C)[C]([Ti])=C1C. The van der Waals surface area contributed by atoms with Crippen molar-refractivity contribution in [3.63, 3.8) is 0 Å². The molecule has 0 saturated carbocycles. The van der Waals surface area contributed by atoms with E-state index in [4.69, 9.17) is 0 Å². The molecular formula is C9H13Ti. The van der Waals surface area contributed by atoms with Gasteiger partial charge < -0.3 is 0 Å². The molecule has 0 bridgehead atoms. The van der Waals surface area contributed by atoms with E-state index in [9.17, 15) is 0 Å². The fourth-order valence-electron chi connectivity index (χ4n) is 1.36. The van der Waals surface area contributed by atoms with E-state index < -0.39 is 0 Å². The molecule has 0 radical (unpaired) electrons. The van der Waals surface area contributed by atoms with Gasteiger partial charge in [-0.2, -0.15) is 0 Å². The summed E-state index contributed by atoms with van der Waals surface area (Å²) in [6.45, 7) is 8.96. The molecule has 0 fully saturated rings. The third-order valence-electron chi connectivity index (χ3n) is 2.64. The standard InChI is InChI=1S/C9H13.Ti/c1-6-5-7(2)9(4)8(6)3;/h6H,1-4H3;. The van der Waals surface area contributed by atoms with Crippen molar-refractivity contribution in [2.24, 2.45) is 5.92 Å². The third-order valence-corrected chi connectivity index (χ3v) is 3.90. The molecule has 0 heterocycles. The van der Waals surface area contributed by atoms with Crippen LogP contribution in [0.4, 0.5) is 0 Å². The molecule has 10 heavy (non-hydrogen) atoms. The Kier molecular flexibility index (Phi) is 2.22. The molecule has 0 aliphatic heterocycles. The van der Waals surface area contributed by atoms with Crippen molar-refractivity contribution in [1.82, 2.24) is 0 Å².